The van der Waals surface area contributed by atoms with E-state index in [1.807, 2.05) is 12.3 Å². The Hall–Kier alpha value is -1.61. The molecule has 0 aliphatic rings. The molecule has 0 aliphatic heterocycles. The summed E-state index contributed by atoms with van der Waals surface area (Å²) in [6.45, 7) is 6.46. The van der Waals surface area contributed by atoms with Crippen LogP contribution in [0.3, 0.4) is 0 Å². The first-order chi connectivity index (χ1) is 9.35. The van der Waals surface area contributed by atoms with Crippen molar-refractivity contribution in [3.63, 3.8) is 0 Å². The summed E-state index contributed by atoms with van der Waals surface area (Å²) in [4.78, 5) is 0. The minimum absolute atomic E-state index is 0.434. The van der Waals surface area contributed by atoms with E-state index in [2.05, 4.69) is 59.4 Å². The summed E-state index contributed by atoms with van der Waals surface area (Å²) in [7, 11) is 0. The number of rotatable bonds is 7. The van der Waals surface area contributed by atoms with Gasteiger partial charge >= 0.3 is 0 Å². The molecule has 2 aromatic rings. The largest absolute Gasteiger partial charge is 0.315 e. The molecule has 1 heterocycles. The minimum atomic E-state index is 0.434. The summed E-state index contributed by atoms with van der Waals surface area (Å²) >= 11 is 0. The molecule has 0 bridgehead atoms. The molecule has 3 nitrogen and oxygen atoms in total. The van der Waals surface area contributed by atoms with Gasteiger partial charge in [0.1, 0.15) is 0 Å². The van der Waals surface area contributed by atoms with Crippen LogP contribution in [0.15, 0.2) is 42.7 Å². The third-order valence-corrected chi connectivity index (χ3v) is 3.36. The fraction of sp³-hybridized carbons (Fsp3) is 0.438. The number of nitrogens with zero attached hydrogens (tertiary/aromatic N) is 2. The maximum Gasteiger partial charge on any atom is 0.0641 e. The molecular weight excluding hydrogens is 234 g/mol. The van der Waals surface area contributed by atoms with Crippen molar-refractivity contribution in [3.05, 3.63) is 42.7 Å². The summed E-state index contributed by atoms with van der Waals surface area (Å²) < 4.78 is 2.09. The van der Waals surface area contributed by atoms with Crippen molar-refractivity contribution in [2.45, 2.75) is 32.7 Å². The topological polar surface area (TPSA) is 29.9 Å². The first-order valence-corrected chi connectivity index (χ1v) is 7.15. The lowest BCUT2D eigenvalue weighted by atomic mass is 10.1. The predicted octanol–water partition coefficient (Wildman–Crippen LogP) is 3.50. The van der Waals surface area contributed by atoms with Crippen molar-refractivity contribution in [2.24, 2.45) is 0 Å². The molecule has 0 radical (unpaired) electrons. The first kappa shape index (κ1) is 13.8. The fourth-order valence-corrected chi connectivity index (χ4v) is 2.19. The standard InChI is InChI=1S/C16H23N3/c1-3-10-17-12-16(4-2)19-13-15(11-18-19)14-8-6-5-7-9-14/h5-9,11,13,16-17H,3-4,10,12H2,1-2H3. The van der Waals surface area contributed by atoms with Gasteiger partial charge in [0.15, 0.2) is 0 Å². The van der Waals surface area contributed by atoms with E-state index in [4.69, 9.17) is 0 Å². The highest BCUT2D eigenvalue weighted by Gasteiger charge is 2.10. The van der Waals surface area contributed by atoms with E-state index < -0.39 is 0 Å². The van der Waals surface area contributed by atoms with Crippen LogP contribution in [0, 0.1) is 0 Å². The van der Waals surface area contributed by atoms with Gasteiger partial charge in [-0.2, -0.15) is 5.10 Å². The monoisotopic (exact) mass is 257 g/mol. The van der Waals surface area contributed by atoms with Crippen molar-refractivity contribution < 1.29 is 0 Å². The molecule has 1 aromatic carbocycles. The van der Waals surface area contributed by atoms with E-state index in [1.54, 1.807) is 0 Å². The average Bonchev–Trinajstić information content (AvgIpc) is 2.94. The van der Waals surface area contributed by atoms with Crippen molar-refractivity contribution in [2.75, 3.05) is 13.1 Å². The molecule has 3 heteroatoms. The second-order valence-electron chi connectivity index (χ2n) is 4.84. The van der Waals surface area contributed by atoms with Gasteiger partial charge in [-0.05, 0) is 24.9 Å². The van der Waals surface area contributed by atoms with Crippen LogP contribution in [0.4, 0.5) is 0 Å². The molecule has 1 aromatic heterocycles. The zero-order valence-electron chi connectivity index (χ0n) is 11.8. The van der Waals surface area contributed by atoms with Gasteiger partial charge in [-0.1, -0.05) is 44.2 Å². The van der Waals surface area contributed by atoms with E-state index in [0.717, 1.165) is 19.5 Å². The van der Waals surface area contributed by atoms with Crippen LogP contribution in [-0.2, 0) is 0 Å². The normalized spacial score (nSPS) is 12.5. The Kier molecular flexibility index (Phi) is 5.16. The van der Waals surface area contributed by atoms with Crippen molar-refractivity contribution in [1.82, 2.24) is 15.1 Å². The van der Waals surface area contributed by atoms with Gasteiger partial charge in [0.25, 0.3) is 0 Å². The smallest absolute Gasteiger partial charge is 0.0641 e. The fourth-order valence-electron chi connectivity index (χ4n) is 2.19. The van der Waals surface area contributed by atoms with E-state index in [0.29, 0.717) is 6.04 Å². The average molecular weight is 257 g/mol. The van der Waals surface area contributed by atoms with Crippen molar-refractivity contribution in [3.8, 4) is 11.1 Å². The molecule has 0 amide bonds. The van der Waals surface area contributed by atoms with Crippen LogP contribution >= 0.6 is 0 Å². The first-order valence-electron chi connectivity index (χ1n) is 7.15. The Bertz CT molecular complexity index is 476. The molecule has 0 fully saturated rings. The van der Waals surface area contributed by atoms with Crippen LogP contribution in [0.2, 0.25) is 0 Å². The molecule has 19 heavy (non-hydrogen) atoms. The van der Waals surface area contributed by atoms with Gasteiger partial charge < -0.3 is 5.32 Å². The van der Waals surface area contributed by atoms with Crippen LogP contribution in [0.5, 0.6) is 0 Å². The molecule has 102 valence electrons. The highest BCUT2D eigenvalue weighted by Crippen LogP contribution is 2.20. The zero-order valence-corrected chi connectivity index (χ0v) is 11.8. The lowest BCUT2D eigenvalue weighted by Gasteiger charge is -2.16. The maximum atomic E-state index is 4.52. The number of nitrogens with one attached hydrogen (secondary N) is 1. The Balaban J connectivity index is 2.06. The number of benzene rings is 1. The number of hydrogen-bond acceptors (Lipinski definition) is 2. The van der Waals surface area contributed by atoms with Gasteiger partial charge in [-0.15, -0.1) is 0 Å². The third kappa shape index (κ3) is 3.67. The van der Waals surface area contributed by atoms with E-state index in [-0.39, 0.29) is 0 Å². The van der Waals surface area contributed by atoms with Crippen molar-refractivity contribution in [1.29, 1.82) is 0 Å². The Labute approximate surface area is 115 Å². The highest BCUT2D eigenvalue weighted by atomic mass is 15.3. The Morgan fingerprint density at radius 3 is 2.63 bits per heavy atom. The Morgan fingerprint density at radius 2 is 1.95 bits per heavy atom. The van der Waals surface area contributed by atoms with Crippen LogP contribution in [0.25, 0.3) is 11.1 Å². The number of aromatic nitrogens is 2. The highest BCUT2D eigenvalue weighted by molar-refractivity contribution is 5.61. The molecule has 1 unspecified atom stereocenters. The van der Waals surface area contributed by atoms with Crippen LogP contribution in [-0.4, -0.2) is 22.9 Å². The van der Waals surface area contributed by atoms with Gasteiger partial charge in [-0.25, -0.2) is 0 Å². The predicted molar refractivity (Wildman–Crippen MR) is 80.2 cm³/mol. The van der Waals surface area contributed by atoms with Crippen molar-refractivity contribution >= 4 is 0 Å². The van der Waals surface area contributed by atoms with Gasteiger partial charge in [0, 0.05) is 18.3 Å². The second-order valence-corrected chi connectivity index (χ2v) is 4.84. The SMILES string of the molecule is CCCNCC(CC)n1cc(-c2ccccc2)cn1. The maximum absolute atomic E-state index is 4.52. The van der Waals surface area contributed by atoms with Gasteiger partial charge in [0.05, 0.1) is 12.2 Å². The lowest BCUT2D eigenvalue weighted by Crippen LogP contribution is -2.25. The quantitative estimate of drug-likeness (QED) is 0.769. The molecular formula is C16H23N3. The zero-order chi connectivity index (χ0) is 13.5. The minimum Gasteiger partial charge on any atom is -0.315 e. The Morgan fingerprint density at radius 1 is 1.16 bits per heavy atom. The third-order valence-electron chi connectivity index (χ3n) is 3.36. The summed E-state index contributed by atoms with van der Waals surface area (Å²) in [6.07, 6.45) is 6.37. The molecule has 0 aliphatic carbocycles. The molecule has 1 N–H and O–H groups in total. The van der Waals surface area contributed by atoms with Gasteiger partial charge in [0.2, 0.25) is 0 Å². The molecule has 1 atom stereocenters. The molecule has 0 saturated carbocycles. The number of hydrogen-bond donors (Lipinski definition) is 1. The molecule has 2 rings (SSSR count). The van der Waals surface area contributed by atoms with Crippen LogP contribution in [0.1, 0.15) is 32.7 Å². The second kappa shape index (κ2) is 7.10. The van der Waals surface area contributed by atoms with Gasteiger partial charge in [-0.3, -0.25) is 4.68 Å². The van der Waals surface area contributed by atoms with E-state index >= 15 is 0 Å². The van der Waals surface area contributed by atoms with E-state index in [1.165, 1.54) is 17.5 Å². The lowest BCUT2D eigenvalue weighted by molar-refractivity contribution is 0.412. The summed E-state index contributed by atoms with van der Waals surface area (Å²) in [5.74, 6) is 0. The summed E-state index contributed by atoms with van der Waals surface area (Å²) in [5, 5.41) is 7.99. The summed E-state index contributed by atoms with van der Waals surface area (Å²) in [6, 6.07) is 10.8. The molecule has 0 saturated heterocycles. The summed E-state index contributed by atoms with van der Waals surface area (Å²) in [5.41, 5.74) is 2.42. The van der Waals surface area contributed by atoms with Crippen LogP contribution < -0.4 is 5.32 Å². The van der Waals surface area contributed by atoms with E-state index in [9.17, 15) is 0 Å². The molecule has 0 spiro atoms.